The second-order valence-electron chi connectivity index (χ2n) is 3.21. The zero-order valence-electron chi connectivity index (χ0n) is 9.32. The van der Waals surface area contributed by atoms with Crippen LogP contribution in [-0.4, -0.2) is 26.2 Å². The first-order valence-corrected chi connectivity index (χ1v) is 6.08. The summed E-state index contributed by atoms with van der Waals surface area (Å²) in [4.78, 5) is 0. The summed E-state index contributed by atoms with van der Waals surface area (Å²) in [6.07, 6.45) is 2.04. The van der Waals surface area contributed by atoms with Crippen molar-refractivity contribution in [2.45, 2.75) is 6.04 Å². The zero-order valence-corrected chi connectivity index (χ0v) is 10.1. The predicted molar refractivity (Wildman–Crippen MR) is 64.9 cm³/mol. The molecule has 4 heteroatoms. The van der Waals surface area contributed by atoms with Gasteiger partial charge in [0.25, 0.3) is 0 Å². The lowest BCUT2D eigenvalue weighted by molar-refractivity contribution is 0.393. The highest BCUT2D eigenvalue weighted by Crippen LogP contribution is 2.26. The quantitative estimate of drug-likeness (QED) is 0.836. The second kappa shape index (κ2) is 5.88. The molecule has 0 heterocycles. The van der Waals surface area contributed by atoms with E-state index in [9.17, 15) is 0 Å². The molecule has 1 aromatic carbocycles. The fraction of sp³-hybridized carbons (Fsp3) is 0.455. The molecular weight excluding hydrogens is 210 g/mol. The van der Waals surface area contributed by atoms with Crippen LogP contribution in [0.5, 0.6) is 11.5 Å². The predicted octanol–water partition coefficient (Wildman–Crippen LogP) is 2.07. The van der Waals surface area contributed by atoms with Gasteiger partial charge in [-0.2, -0.15) is 11.8 Å². The van der Waals surface area contributed by atoms with Crippen LogP contribution in [-0.2, 0) is 0 Å². The normalized spacial score (nSPS) is 12.3. The Bertz CT molecular complexity index is 295. The first-order chi connectivity index (χ1) is 7.21. The third kappa shape index (κ3) is 3.32. The molecule has 84 valence electrons. The molecule has 0 radical (unpaired) electrons. The highest BCUT2D eigenvalue weighted by molar-refractivity contribution is 7.98. The van der Waals surface area contributed by atoms with Gasteiger partial charge in [-0.25, -0.2) is 0 Å². The molecule has 3 nitrogen and oxygen atoms in total. The standard InChI is InChI=1S/C11H17NO2S/c1-13-9-4-8(11(12)7-15-3)5-10(6-9)14-2/h4-6,11H,7,12H2,1-3H3. The molecule has 0 aliphatic heterocycles. The summed E-state index contributed by atoms with van der Waals surface area (Å²) in [5.41, 5.74) is 7.06. The van der Waals surface area contributed by atoms with E-state index in [2.05, 4.69) is 0 Å². The van der Waals surface area contributed by atoms with Crippen molar-refractivity contribution in [3.63, 3.8) is 0 Å². The van der Waals surface area contributed by atoms with Gasteiger partial charge in [0.05, 0.1) is 14.2 Å². The van der Waals surface area contributed by atoms with Crippen LogP contribution in [0.15, 0.2) is 18.2 Å². The molecule has 15 heavy (non-hydrogen) atoms. The van der Waals surface area contributed by atoms with Gasteiger partial charge in [0.1, 0.15) is 11.5 Å². The maximum Gasteiger partial charge on any atom is 0.122 e. The Kier molecular flexibility index (Phi) is 4.78. The molecule has 0 aromatic heterocycles. The molecule has 2 N–H and O–H groups in total. The number of benzene rings is 1. The molecule has 0 spiro atoms. The lowest BCUT2D eigenvalue weighted by Gasteiger charge is -2.13. The van der Waals surface area contributed by atoms with Crippen LogP contribution in [0.25, 0.3) is 0 Å². The highest BCUT2D eigenvalue weighted by atomic mass is 32.2. The van der Waals surface area contributed by atoms with Crippen LogP contribution in [0.2, 0.25) is 0 Å². The molecule has 1 rings (SSSR count). The minimum Gasteiger partial charge on any atom is -0.497 e. The number of hydrogen-bond acceptors (Lipinski definition) is 4. The van der Waals surface area contributed by atoms with Crippen LogP contribution in [0.4, 0.5) is 0 Å². The number of rotatable bonds is 5. The van der Waals surface area contributed by atoms with Crippen molar-refractivity contribution in [2.24, 2.45) is 5.73 Å². The van der Waals surface area contributed by atoms with E-state index in [4.69, 9.17) is 15.2 Å². The third-order valence-corrected chi connectivity index (χ3v) is 2.84. The highest BCUT2D eigenvalue weighted by Gasteiger charge is 2.08. The Hall–Kier alpha value is -0.870. The number of methoxy groups -OCH3 is 2. The summed E-state index contributed by atoms with van der Waals surface area (Å²) in [6.45, 7) is 0. The van der Waals surface area contributed by atoms with E-state index in [0.29, 0.717) is 0 Å². The minimum absolute atomic E-state index is 0.0176. The van der Waals surface area contributed by atoms with E-state index < -0.39 is 0 Å². The van der Waals surface area contributed by atoms with Crippen LogP contribution in [0.1, 0.15) is 11.6 Å². The second-order valence-corrected chi connectivity index (χ2v) is 4.12. The monoisotopic (exact) mass is 227 g/mol. The van der Waals surface area contributed by atoms with Gasteiger partial charge in [-0.3, -0.25) is 0 Å². The molecule has 0 saturated carbocycles. The fourth-order valence-corrected chi connectivity index (χ4v) is 1.87. The number of thioether (sulfide) groups is 1. The van der Waals surface area contributed by atoms with Gasteiger partial charge in [0.15, 0.2) is 0 Å². The van der Waals surface area contributed by atoms with Gasteiger partial charge in [0.2, 0.25) is 0 Å². The summed E-state index contributed by atoms with van der Waals surface area (Å²) >= 11 is 1.72. The van der Waals surface area contributed by atoms with Gasteiger partial charge < -0.3 is 15.2 Å². The van der Waals surface area contributed by atoms with Gasteiger partial charge >= 0.3 is 0 Å². The summed E-state index contributed by atoms with van der Waals surface area (Å²) in [7, 11) is 3.28. The van der Waals surface area contributed by atoms with Gasteiger partial charge in [-0.05, 0) is 24.0 Å². The van der Waals surface area contributed by atoms with Crippen molar-refractivity contribution in [3.05, 3.63) is 23.8 Å². The topological polar surface area (TPSA) is 44.5 Å². The van der Waals surface area contributed by atoms with Crippen molar-refractivity contribution in [3.8, 4) is 11.5 Å². The number of nitrogens with two attached hydrogens (primary N) is 1. The van der Waals surface area contributed by atoms with E-state index in [1.807, 2.05) is 24.5 Å². The average molecular weight is 227 g/mol. The number of hydrogen-bond donors (Lipinski definition) is 1. The summed E-state index contributed by atoms with van der Waals surface area (Å²) in [6, 6.07) is 5.76. The van der Waals surface area contributed by atoms with Crippen molar-refractivity contribution in [1.82, 2.24) is 0 Å². The molecule has 1 unspecified atom stereocenters. The third-order valence-electron chi connectivity index (χ3n) is 2.15. The van der Waals surface area contributed by atoms with Crippen molar-refractivity contribution >= 4 is 11.8 Å². The zero-order chi connectivity index (χ0) is 11.3. The molecule has 0 saturated heterocycles. The molecule has 0 fully saturated rings. The molecular formula is C11H17NO2S. The summed E-state index contributed by atoms with van der Waals surface area (Å²) in [5, 5.41) is 0. The van der Waals surface area contributed by atoms with Crippen LogP contribution < -0.4 is 15.2 Å². The van der Waals surface area contributed by atoms with E-state index >= 15 is 0 Å². The Morgan fingerprint density at radius 2 is 1.73 bits per heavy atom. The smallest absolute Gasteiger partial charge is 0.122 e. The SMILES string of the molecule is COc1cc(OC)cc(C(N)CSC)c1. The van der Waals surface area contributed by atoms with Crippen LogP contribution in [0.3, 0.4) is 0 Å². The van der Waals surface area contributed by atoms with Gasteiger partial charge in [0, 0.05) is 17.9 Å². The van der Waals surface area contributed by atoms with Crippen LogP contribution in [0, 0.1) is 0 Å². The molecule has 0 amide bonds. The molecule has 1 atom stereocenters. The number of ether oxygens (including phenoxy) is 2. The summed E-state index contributed by atoms with van der Waals surface area (Å²) in [5.74, 6) is 2.44. The Morgan fingerprint density at radius 3 is 2.13 bits per heavy atom. The van der Waals surface area contributed by atoms with E-state index in [0.717, 1.165) is 22.8 Å². The minimum atomic E-state index is 0.0176. The first-order valence-electron chi connectivity index (χ1n) is 4.68. The maximum atomic E-state index is 6.02. The van der Waals surface area contributed by atoms with Crippen molar-refractivity contribution in [2.75, 3.05) is 26.2 Å². The molecule has 0 aliphatic rings. The lowest BCUT2D eigenvalue weighted by Crippen LogP contribution is -2.13. The van der Waals surface area contributed by atoms with Crippen molar-refractivity contribution in [1.29, 1.82) is 0 Å². The van der Waals surface area contributed by atoms with Crippen LogP contribution >= 0.6 is 11.8 Å². The fourth-order valence-electron chi connectivity index (χ4n) is 1.32. The largest absolute Gasteiger partial charge is 0.497 e. The Balaban J connectivity index is 2.95. The molecule has 0 aliphatic carbocycles. The Labute approximate surface area is 94.9 Å². The van der Waals surface area contributed by atoms with E-state index in [-0.39, 0.29) is 6.04 Å². The van der Waals surface area contributed by atoms with Gasteiger partial charge in [-0.15, -0.1) is 0 Å². The van der Waals surface area contributed by atoms with Crippen molar-refractivity contribution < 1.29 is 9.47 Å². The lowest BCUT2D eigenvalue weighted by atomic mass is 10.1. The van der Waals surface area contributed by atoms with E-state index in [1.54, 1.807) is 26.0 Å². The Morgan fingerprint density at radius 1 is 1.20 bits per heavy atom. The summed E-state index contributed by atoms with van der Waals surface area (Å²) < 4.78 is 10.4. The first kappa shape index (κ1) is 12.2. The average Bonchev–Trinajstić information content (AvgIpc) is 2.28. The van der Waals surface area contributed by atoms with E-state index in [1.165, 1.54) is 0 Å². The molecule has 0 bridgehead atoms. The van der Waals surface area contributed by atoms with Gasteiger partial charge in [-0.1, -0.05) is 0 Å². The molecule has 1 aromatic rings. The maximum absolute atomic E-state index is 6.02.